The van der Waals surface area contributed by atoms with Gasteiger partial charge in [0.05, 0.1) is 17.3 Å². The van der Waals surface area contributed by atoms with Crippen LogP contribution >= 0.6 is 12.4 Å². The van der Waals surface area contributed by atoms with Gasteiger partial charge in [0.1, 0.15) is 4.90 Å². The van der Waals surface area contributed by atoms with Crippen LogP contribution in [-0.2, 0) is 16.4 Å². The number of sulfonamides is 1. The molecule has 122 valence electrons. The summed E-state index contributed by atoms with van der Waals surface area (Å²) in [5.74, 6) is 0. The van der Waals surface area contributed by atoms with Crippen LogP contribution in [-0.4, -0.2) is 37.7 Å². The summed E-state index contributed by atoms with van der Waals surface area (Å²) in [5, 5.41) is 7.73. The number of hydrogen-bond acceptors (Lipinski definition) is 6. The molecule has 0 spiro atoms. The number of aromatic nitrogens is 2. The number of pyridine rings is 1. The van der Waals surface area contributed by atoms with E-state index < -0.39 is 10.0 Å². The molecule has 1 aliphatic rings. The lowest BCUT2D eigenvalue weighted by Crippen LogP contribution is -2.45. The van der Waals surface area contributed by atoms with Crippen LogP contribution in [0.2, 0.25) is 0 Å². The van der Waals surface area contributed by atoms with Gasteiger partial charge in [-0.05, 0) is 31.9 Å². The summed E-state index contributed by atoms with van der Waals surface area (Å²) >= 11 is 0. The summed E-state index contributed by atoms with van der Waals surface area (Å²) < 4.78 is 32.7. The van der Waals surface area contributed by atoms with E-state index in [0.29, 0.717) is 29.8 Å². The van der Waals surface area contributed by atoms with Crippen LogP contribution in [0.15, 0.2) is 21.7 Å². The quantitative estimate of drug-likeness (QED) is 0.864. The van der Waals surface area contributed by atoms with Gasteiger partial charge in [-0.15, -0.1) is 12.4 Å². The normalized spacial score (nSPS) is 19.0. The van der Waals surface area contributed by atoms with Crippen LogP contribution in [0.25, 0.3) is 11.1 Å². The van der Waals surface area contributed by atoms with Crippen LogP contribution in [0.4, 0.5) is 0 Å². The molecule has 3 rings (SSSR count). The fourth-order valence-electron chi connectivity index (χ4n) is 2.50. The first kappa shape index (κ1) is 17.1. The van der Waals surface area contributed by atoms with Gasteiger partial charge in [-0.2, -0.15) is 0 Å². The highest BCUT2D eigenvalue weighted by Crippen LogP contribution is 2.21. The van der Waals surface area contributed by atoms with Crippen molar-refractivity contribution in [3.63, 3.8) is 0 Å². The highest BCUT2D eigenvalue weighted by atomic mass is 35.5. The molecule has 3 heterocycles. The van der Waals surface area contributed by atoms with Crippen molar-refractivity contribution in [3.8, 4) is 0 Å². The largest absolute Gasteiger partial charge is 0.336 e. The number of fused-ring (bicyclic) bond motifs is 1. The van der Waals surface area contributed by atoms with Crippen molar-refractivity contribution in [2.45, 2.75) is 37.1 Å². The van der Waals surface area contributed by atoms with Gasteiger partial charge < -0.3 is 9.84 Å². The molecule has 0 bridgehead atoms. The van der Waals surface area contributed by atoms with Crippen molar-refractivity contribution in [2.24, 2.45) is 0 Å². The highest BCUT2D eigenvalue weighted by Gasteiger charge is 2.23. The van der Waals surface area contributed by atoms with Crippen molar-refractivity contribution in [1.82, 2.24) is 20.2 Å². The molecule has 22 heavy (non-hydrogen) atoms. The first-order chi connectivity index (χ1) is 10.1. The number of hydrogen-bond donors (Lipinski definition) is 2. The first-order valence-corrected chi connectivity index (χ1v) is 8.56. The summed E-state index contributed by atoms with van der Waals surface area (Å²) in [6.07, 6.45) is 3.79. The van der Waals surface area contributed by atoms with Crippen molar-refractivity contribution < 1.29 is 12.9 Å². The van der Waals surface area contributed by atoms with Gasteiger partial charge in [0.2, 0.25) is 10.0 Å². The van der Waals surface area contributed by atoms with Gasteiger partial charge in [0, 0.05) is 12.6 Å². The third-order valence-electron chi connectivity index (χ3n) is 3.64. The molecule has 1 fully saturated rings. The number of rotatable bonds is 4. The van der Waals surface area contributed by atoms with Crippen LogP contribution < -0.4 is 10.0 Å². The van der Waals surface area contributed by atoms with Crippen LogP contribution in [0.3, 0.4) is 0 Å². The Balaban J connectivity index is 0.00000176. The Kier molecular flexibility index (Phi) is 5.38. The predicted octanol–water partition coefficient (Wildman–Crippen LogP) is 1.24. The minimum Gasteiger partial charge on any atom is -0.336 e. The zero-order chi connectivity index (χ0) is 14.9. The van der Waals surface area contributed by atoms with E-state index in [2.05, 4.69) is 20.2 Å². The number of aryl methyl sites for hydroxylation is 1. The van der Waals surface area contributed by atoms with E-state index in [0.717, 1.165) is 19.4 Å². The second-order valence-corrected chi connectivity index (χ2v) is 6.89. The smallest absolute Gasteiger partial charge is 0.258 e. The minimum absolute atomic E-state index is 0. The zero-order valence-corrected chi connectivity index (χ0v) is 13.8. The van der Waals surface area contributed by atoms with E-state index in [9.17, 15) is 8.42 Å². The zero-order valence-electron chi connectivity index (χ0n) is 12.2. The maximum absolute atomic E-state index is 12.4. The molecule has 2 N–H and O–H groups in total. The van der Waals surface area contributed by atoms with Crippen LogP contribution in [0.5, 0.6) is 0 Å². The van der Waals surface area contributed by atoms with Crippen molar-refractivity contribution in [1.29, 1.82) is 0 Å². The van der Waals surface area contributed by atoms with Crippen LogP contribution in [0.1, 0.15) is 25.5 Å². The Morgan fingerprint density at radius 1 is 1.50 bits per heavy atom. The fraction of sp³-hybridized carbons (Fsp3) is 0.538. The van der Waals surface area contributed by atoms with Crippen LogP contribution in [0, 0.1) is 0 Å². The lowest BCUT2D eigenvalue weighted by Gasteiger charge is -2.23. The lowest BCUT2D eigenvalue weighted by molar-refractivity contribution is 0.428. The number of piperidine rings is 1. The van der Waals surface area contributed by atoms with Gasteiger partial charge in [0.15, 0.2) is 0 Å². The van der Waals surface area contributed by atoms with E-state index in [1.807, 2.05) is 6.92 Å². The lowest BCUT2D eigenvalue weighted by atomic mass is 10.1. The van der Waals surface area contributed by atoms with Gasteiger partial charge >= 0.3 is 0 Å². The first-order valence-electron chi connectivity index (χ1n) is 7.07. The number of nitrogens with zero attached hydrogens (tertiary/aromatic N) is 2. The van der Waals surface area contributed by atoms with E-state index >= 15 is 0 Å². The van der Waals surface area contributed by atoms with E-state index in [-0.39, 0.29) is 23.3 Å². The molecule has 1 saturated heterocycles. The Morgan fingerprint density at radius 2 is 2.32 bits per heavy atom. The van der Waals surface area contributed by atoms with Gasteiger partial charge in [0.25, 0.3) is 5.71 Å². The molecule has 0 aromatic carbocycles. The van der Waals surface area contributed by atoms with Gasteiger partial charge in [-0.3, -0.25) is 0 Å². The molecular formula is C13H19ClN4O3S. The average molecular weight is 347 g/mol. The number of nitrogens with one attached hydrogen (secondary N) is 2. The van der Waals surface area contributed by atoms with Gasteiger partial charge in [-0.1, -0.05) is 12.1 Å². The molecule has 0 saturated carbocycles. The predicted molar refractivity (Wildman–Crippen MR) is 84.6 cm³/mol. The molecule has 1 atom stereocenters. The molecule has 0 aliphatic carbocycles. The standard InChI is InChI=1S/C13H18N4O3S.ClH/c1-2-12-11-6-10(8-15-13(11)20-16-12)21(18,19)17-9-4-3-5-14-7-9;/h6,8-9,14,17H,2-5,7H2,1H3;1H/t9-;/m1./s1. The molecule has 7 nitrogen and oxygen atoms in total. The fourth-order valence-corrected chi connectivity index (χ4v) is 3.74. The second kappa shape index (κ2) is 6.91. The molecule has 2 aromatic heterocycles. The van der Waals surface area contributed by atoms with E-state index in [4.69, 9.17) is 4.52 Å². The summed E-state index contributed by atoms with van der Waals surface area (Å²) in [5.41, 5.74) is 1.08. The van der Waals surface area contributed by atoms with E-state index in [1.54, 1.807) is 6.07 Å². The van der Waals surface area contributed by atoms with Crippen molar-refractivity contribution in [2.75, 3.05) is 13.1 Å². The Bertz CT molecular complexity index is 741. The Labute approximate surface area is 135 Å². The Morgan fingerprint density at radius 3 is 3.00 bits per heavy atom. The maximum Gasteiger partial charge on any atom is 0.258 e. The third kappa shape index (κ3) is 3.40. The minimum atomic E-state index is -3.58. The second-order valence-electron chi connectivity index (χ2n) is 5.17. The third-order valence-corrected chi connectivity index (χ3v) is 5.13. The molecular weight excluding hydrogens is 328 g/mol. The van der Waals surface area contributed by atoms with Crippen molar-refractivity contribution >= 4 is 33.5 Å². The monoisotopic (exact) mass is 346 g/mol. The highest BCUT2D eigenvalue weighted by molar-refractivity contribution is 7.89. The topological polar surface area (TPSA) is 97.1 Å². The molecule has 0 amide bonds. The number of halogens is 1. The molecule has 0 unspecified atom stereocenters. The molecule has 9 heteroatoms. The molecule has 1 aliphatic heterocycles. The summed E-state index contributed by atoms with van der Waals surface area (Å²) in [4.78, 5) is 4.20. The summed E-state index contributed by atoms with van der Waals surface area (Å²) in [6, 6.07) is 1.50. The maximum atomic E-state index is 12.4. The van der Waals surface area contributed by atoms with Gasteiger partial charge in [-0.25, -0.2) is 18.1 Å². The Hall–Kier alpha value is -1.22. The summed E-state index contributed by atoms with van der Waals surface area (Å²) in [6.45, 7) is 3.53. The van der Waals surface area contributed by atoms with Crippen molar-refractivity contribution in [3.05, 3.63) is 18.0 Å². The summed E-state index contributed by atoms with van der Waals surface area (Å²) in [7, 11) is -3.58. The molecule has 2 aromatic rings. The average Bonchev–Trinajstić information content (AvgIpc) is 2.90. The van der Waals surface area contributed by atoms with E-state index in [1.165, 1.54) is 6.20 Å². The molecule has 0 radical (unpaired) electrons. The SMILES string of the molecule is CCc1noc2ncc(S(=O)(=O)N[C@@H]3CCCNC3)cc12.Cl.